The Kier molecular flexibility index (Phi) is 5.64. The number of carbonyl (C=O) groups excluding carboxylic acids is 2. The van der Waals surface area contributed by atoms with Crippen LogP contribution in [0.25, 0.3) is 11.6 Å². The maximum Gasteiger partial charge on any atom is 0.337 e. The van der Waals surface area contributed by atoms with Gasteiger partial charge in [0.2, 0.25) is 5.91 Å². The number of amides is 2. The van der Waals surface area contributed by atoms with Crippen LogP contribution in [0.15, 0.2) is 54.7 Å². The third-order valence-electron chi connectivity index (χ3n) is 5.31. The molecule has 2 aliphatic heterocycles. The van der Waals surface area contributed by atoms with Crippen molar-refractivity contribution in [1.82, 2.24) is 9.88 Å². The number of rotatable bonds is 3. The summed E-state index contributed by atoms with van der Waals surface area (Å²) in [5.74, 6) is 0.616. The average Bonchev–Trinajstić information content (AvgIpc) is 2.88. The summed E-state index contributed by atoms with van der Waals surface area (Å²) < 4.78 is 0. The highest BCUT2D eigenvalue weighted by Gasteiger charge is 2.21. The normalized spacial score (nSPS) is 20.0. The number of fused-ring (bicyclic) bond motifs is 1. The smallest absolute Gasteiger partial charge is 0.309 e. The van der Waals surface area contributed by atoms with Crippen molar-refractivity contribution in [2.45, 2.75) is 13.0 Å². The minimum absolute atomic E-state index is 0.0613. The van der Waals surface area contributed by atoms with Gasteiger partial charge in [-0.05, 0) is 42.0 Å². The zero-order valence-electron chi connectivity index (χ0n) is 16.5. The van der Waals surface area contributed by atoms with Crippen LogP contribution in [0.4, 0.5) is 5.82 Å². The maximum atomic E-state index is 12.6. The molecular weight excluding hydrogens is 364 g/mol. The van der Waals surface area contributed by atoms with Crippen molar-refractivity contribution in [1.29, 1.82) is 0 Å². The second-order valence-corrected chi connectivity index (χ2v) is 7.60. The zero-order chi connectivity index (χ0) is 20.2. The molecule has 0 saturated heterocycles. The molecule has 0 bridgehead atoms. The molecule has 0 saturated carbocycles. The predicted octanol–water partition coefficient (Wildman–Crippen LogP) is 1.38. The second-order valence-electron chi connectivity index (χ2n) is 7.60. The van der Waals surface area contributed by atoms with Gasteiger partial charge in [0.05, 0.1) is 13.1 Å². The first kappa shape index (κ1) is 19.2. The minimum Gasteiger partial charge on any atom is -0.309 e. The summed E-state index contributed by atoms with van der Waals surface area (Å²) >= 11 is 0. The Morgan fingerprint density at radius 1 is 1.24 bits per heavy atom. The highest BCUT2D eigenvalue weighted by atomic mass is 16.2. The van der Waals surface area contributed by atoms with Gasteiger partial charge >= 0.3 is 5.91 Å². The lowest BCUT2D eigenvalue weighted by molar-refractivity contribution is -0.812. The first-order valence-electron chi connectivity index (χ1n) is 9.87. The number of likely N-dealkylation sites (N-methyl/N-ethyl adjacent to an activating group) is 1. The first-order chi connectivity index (χ1) is 14.1. The molecule has 1 unspecified atom stereocenters. The summed E-state index contributed by atoms with van der Waals surface area (Å²) in [6.45, 7) is 2.48. The van der Waals surface area contributed by atoms with Crippen LogP contribution in [0.1, 0.15) is 23.1 Å². The van der Waals surface area contributed by atoms with Gasteiger partial charge in [-0.15, -0.1) is 0 Å². The van der Waals surface area contributed by atoms with E-state index in [1.807, 2.05) is 42.3 Å². The molecule has 0 radical (unpaired) electrons. The van der Waals surface area contributed by atoms with Gasteiger partial charge in [-0.3, -0.25) is 14.6 Å². The van der Waals surface area contributed by atoms with Gasteiger partial charge in [-0.25, -0.2) is 9.78 Å². The van der Waals surface area contributed by atoms with Crippen molar-refractivity contribution < 1.29 is 14.5 Å². The summed E-state index contributed by atoms with van der Waals surface area (Å²) in [6, 6.07) is 12.3. The molecule has 29 heavy (non-hydrogen) atoms. The van der Waals surface area contributed by atoms with Crippen LogP contribution in [-0.2, 0) is 16.1 Å². The Labute approximate surface area is 170 Å². The number of hydrogen-bond donors (Lipinski definition) is 2. The van der Waals surface area contributed by atoms with Crippen LogP contribution in [-0.4, -0.2) is 48.4 Å². The number of anilines is 1. The summed E-state index contributed by atoms with van der Waals surface area (Å²) in [5, 5.41) is 2.82. The van der Waals surface area contributed by atoms with Crippen molar-refractivity contribution in [3.8, 4) is 0 Å². The Bertz CT molecular complexity index is 982. The number of carbonyl (C=O) groups is 2. The van der Waals surface area contributed by atoms with Gasteiger partial charge in [0, 0.05) is 30.8 Å². The van der Waals surface area contributed by atoms with E-state index in [9.17, 15) is 9.59 Å². The average molecular weight is 389 g/mol. The number of pyridine rings is 1. The van der Waals surface area contributed by atoms with Crippen LogP contribution in [0.5, 0.6) is 0 Å². The maximum absolute atomic E-state index is 12.6. The molecule has 2 aromatic rings. The molecule has 0 aliphatic carbocycles. The molecule has 2 amide bonds. The highest BCUT2D eigenvalue weighted by molar-refractivity contribution is 5.93. The number of benzene rings is 1. The molecule has 0 fully saturated rings. The van der Waals surface area contributed by atoms with Crippen molar-refractivity contribution in [3.05, 3.63) is 71.4 Å². The lowest BCUT2D eigenvalue weighted by atomic mass is 9.99. The lowest BCUT2D eigenvalue weighted by Gasteiger charge is -2.20. The van der Waals surface area contributed by atoms with Crippen molar-refractivity contribution >= 4 is 29.3 Å². The van der Waals surface area contributed by atoms with E-state index in [1.165, 1.54) is 11.1 Å². The van der Waals surface area contributed by atoms with E-state index >= 15 is 0 Å². The van der Waals surface area contributed by atoms with E-state index in [1.54, 1.807) is 12.3 Å². The molecule has 1 aromatic heterocycles. The quantitative estimate of drug-likeness (QED) is 0.779. The van der Waals surface area contributed by atoms with Crippen molar-refractivity contribution in [2.75, 3.05) is 32.0 Å². The second kappa shape index (κ2) is 8.51. The molecular formula is C23H25N4O2+. The number of nitrogens with one attached hydrogen (secondary N) is 2. The van der Waals surface area contributed by atoms with Crippen LogP contribution < -0.4 is 10.2 Å². The molecule has 1 aromatic carbocycles. The van der Waals surface area contributed by atoms with E-state index in [2.05, 4.69) is 28.5 Å². The summed E-state index contributed by atoms with van der Waals surface area (Å²) in [5.41, 5.74) is 4.36. The largest absolute Gasteiger partial charge is 0.337 e. The Morgan fingerprint density at radius 3 is 2.83 bits per heavy atom. The summed E-state index contributed by atoms with van der Waals surface area (Å²) in [7, 11) is 1.90. The van der Waals surface area contributed by atoms with E-state index < -0.39 is 0 Å². The van der Waals surface area contributed by atoms with E-state index in [-0.39, 0.29) is 11.8 Å². The Balaban J connectivity index is 1.42. The van der Waals surface area contributed by atoms with E-state index in [4.69, 9.17) is 0 Å². The van der Waals surface area contributed by atoms with Crippen LogP contribution in [0, 0.1) is 0 Å². The topological polar surface area (TPSA) is 66.7 Å². The fraction of sp³-hybridized carbons (Fsp3) is 0.261. The number of hydrogen-bond acceptors (Lipinski definition) is 4. The molecule has 2 aliphatic rings. The third kappa shape index (κ3) is 4.67. The summed E-state index contributed by atoms with van der Waals surface area (Å²) in [6.07, 6.45) is 8.20. The van der Waals surface area contributed by atoms with Gasteiger partial charge in [-0.1, -0.05) is 30.3 Å². The third-order valence-corrected chi connectivity index (χ3v) is 5.31. The van der Waals surface area contributed by atoms with Gasteiger partial charge in [0.25, 0.3) is 0 Å². The van der Waals surface area contributed by atoms with Gasteiger partial charge in [-0.2, -0.15) is 0 Å². The van der Waals surface area contributed by atoms with E-state index in [0.717, 1.165) is 29.0 Å². The fourth-order valence-electron chi connectivity index (χ4n) is 3.78. The molecule has 2 N–H and O–H groups in total. The molecule has 4 rings (SSSR count). The monoisotopic (exact) mass is 389 g/mol. The van der Waals surface area contributed by atoms with Crippen LogP contribution in [0.2, 0.25) is 0 Å². The molecule has 3 heterocycles. The number of aromatic nitrogens is 1. The molecule has 0 spiro atoms. The molecule has 1 atom stereocenters. The minimum atomic E-state index is -0.0613. The first-order valence-corrected chi connectivity index (χ1v) is 9.87. The Morgan fingerprint density at radius 2 is 2.07 bits per heavy atom. The molecule has 6 heteroatoms. The predicted molar refractivity (Wildman–Crippen MR) is 113 cm³/mol. The van der Waals surface area contributed by atoms with Gasteiger partial charge in [0.1, 0.15) is 12.4 Å². The molecule has 148 valence electrons. The van der Waals surface area contributed by atoms with E-state index in [0.29, 0.717) is 25.5 Å². The van der Waals surface area contributed by atoms with Crippen molar-refractivity contribution in [3.63, 3.8) is 0 Å². The zero-order valence-corrected chi connectivity index (χ0v) is 16.5. The van der Waals surface area contributed by atoms with Crippen LogP contribution >= 0.6 is 0 Å². The molecule has 6 nitrogen and oxygen atoms in total. The number of nitrogens with zero attached hydrogens (tertiary/aromatic N) is 2. The van der Waals surface area contributed by atoms with Gasteiger partial charge in [0.15, 0.2) is 0 Å². The summed E-state index contributed by atoms with van der Waals surface area (Å²) in [4.78, 5) is 31.6. The van der Waals surface area contributed by atoms with Crippen molar-refractivity contribution in [2.24, 2.45) is 0 Å². The van der Waals surface area contributed by atoms with Crippen LogP contribution in [0.3, 0.4) is 0 Å². The lowest BCUT2D eigenvalue weighted by Crippen LogP contribution is -3.14. The highest BCUT2D eigenvalue weighted by Crippen LogP contribution is 2.20. The SMILES string of the molecule is CN1CC(=O)Nc2ncc(/C=C/C(=O)[NH+]3CC=C(c4ccccc4)CC3)cc2C1. The standard InChI is InChI=1S/C23H24N4O2/c1-26-15-20-13-17(14-24-23(20)25-21(28)16-26)7-8-22(29)27-11-9-19(10-12-27)18-5-3-2-4-6-18/h2-9,13-14H,10-12,15-16H2,1H3,(H,24,25,28)/p+1/b8-7+. The van der Waals surface area contributed by atoms with Gasteiger partial charge < -0.3 is 5.32 Å². The number of quaternary nitrogens is 1. The Hall–Kier alpha value is -3.09. The fourth-order valence-corrected chi connectivity index (χ4v) is 3.78.